The normalized spacial score (nSPS) is 10.2. The fraction of sp³-hybridized carbons (Fsp3) is 0.130. The van der Waals surface area contributed by atoms with Crippen LogP contribution in [-0.4, -0.2) is 23.3 Å². The van der Waals surface area contributed by atoms with E-state index in [4.69, 9.17) is 4.74 Å². The fourth-order valence-electron chi connectivity index (χ4n) is 2.81. The Kier molecular flexibility index (Phi) is 7.31. The number of benzene rings is 3. The molecule has 8 nitrogen and oxygen atoms in total. The molecule has 0 fully saturated rings. The molecule has 2 N–H and O–H groups in total. The van der Waals surface area contributed by atoms with E-state index in [-0.39, 0.29) is 18.2 Å². The Bertz CT molecular complexity index is 1050. The van der Waals surface area contributed by atoms with Crippen LogP contribution in [0.2, 0.25) is 0 Å². The van der Waals surface area contributed by atoms with Gasteiger partial charge in [-0.3, -0.25) is 19.7 Å². The zero-order valence-electron chi connectivity index (χ0n) is 16.6. The molecule has 2 amide bonds. The summed E-state index contributed by atoms with van der Waals surface area (Å²) < 4.78 is 5.34. The molecule has 0 aliphatic heterocycles. The molecule has 0 aromatic heterocycles. The number of anilines is 2. The number of non-ortho nitro benzene ring substituents is 1. The number of nitro groups is 1. The molecule has 158 valence electrons. The first-order valence-corrected chi connectivity index (χ1v) is 9.60. The van der Waals surface area contributed by atoms with Gasteiger partial charge in [0, 0.05) is 29.9 Å². The van der Waals surface area contributed by atoms with Crippen molar-refractivity contribution in [2.75, 3.05) is 17.2 Å². The monoisotopic (exact) mass is 419 g/mol. The fourth-order valence-corrected chi connectivity index (χ4v) is 2.81. The molecule has 3 aromatic carbocycles. The van der Waals surface area contributed by atoms with Crippen LogP contribution in [-0.2, 0) is 16.0 Å². The number of hydrogen-bond acceptors (Lipinski definition) is 5. The summed E-state index contributed by atoms with van der Waals surface area (Å²) in [5.41, 5.74) is 2.12. The second-order valence-electron chi connectivity index (χ2n) is 6.70. The number of amides is 2. The second kappa shape index (κ2) is 10.5. The number of hydrogen-bond donors (Lipinski definition) is 2. The summed E-state index contributed by atoms with van der Waals surface area (Å²) in [6, 6.07) is 22.0. The van der Waals surface area contributed by atoms with Crippen molar-refractivity contribution in [3.8, 4) is 5.75 Å². The third-order valence-corrected chi connectivity index (χ3v) is 4.33. The molecule has 3 aromatic rings. The van der Waals surface area contributed by atoms with Crippen molar-refractivity contribution in [2.24, 2.45) is 0 Å². The lowest BCUT2D eigenvalue weighted by molar-refractivity contribution is -0.384. The van der Waals surface area contributed by atoms with E-state index >= 15 is 0 Å². The number of nitrogens with zero attached hydrogens (tertiary/aromatic N) is 1. The zero-order valence-corrected chi connectivity index (χ0v) is 16.6. The molecule has 0 bridgehead atoms. The van der Waals surface area contributed by atoms with Crippen molar-refractivity contribution in [1.82, 2.24) is 0 Å². The van der Waals surface area contributed by atoms with Gasteiger partial charge in [-0.2, -0.15) is 0 Å². The summed E-state index contributed by atoms with van der Waals surface area (Å²) in [5.74, 6) is -0.167. The van der Waals surface area contributed by atoms with E-state index in [2.05, 4.69) is 10.6 Å². The number of carbonyl (C=O) groups is 2. The Labute approximate surface area is 179 Å². The molecule has 0 aliphatic rings. The Morgan fingerprint density at radius 3 is 2.13 bits per heavy atom. The standard InChI is InChI=1S/C23H21N3O5/c27-22(14-9-17-5-2-1-3-6-17)24-18-7-4-8-19(15-18)25-23(28)16-31-21-12-10-20(11-13-21)26(29)30/h1-8,10-13,15H,9,14,16H2,(H,24,27)(H,25,28). The molecule has 3 rings (SSSR count). The number of ether oxygens (including phenoxy) is 1. The molecular weight excluding hydrogens is 398 g/mol. The van der Waals surface area contributed by atoms with Crippen molar-refractivity contribution in [3.63, 3.8) is 0 Å². The summed E-state index contributed by atoms with van der Waals surface area (Å²) in [5, 5.41) is 16.2. The Morgan fingerprint density at radius 2 is 1.48 bits per heavy atom. The maximum Gasteiger partial charge on any atom is 0.269 e. The molecule has 0 heterocycles. The third-order valence-electron chi connectivity index (χ3n) is 4.33. The quantitative estimate of drug-likeness (QED) is 0.399. The molecular formula is C23H21N3O5. The SMILES string of the molecule is O=C(CCc1ccccc1)Nc1cccc(NC(=O)COc2ccc([N+](=O)[O-])cc2)c1. The minimum Gasteiger partial charge on any atom is -0.484 e. The van der Waals surface area contributed by atoms with Crippen LogP contribution < -0.4 is 15.4 Å². The van der Waals surface area contributed by atoms with Crippen LogP contribution in [0.5, 0.6) is 5.75 Å². The number of carbonyl (C=O) groups excluding carboxylic acids is 2. The largest absolute Gasteiger partial charge is 0.484 e. The van der Waals surface area contributed by atoms with Crippen molar-refractivity contribution in [3.05, 3.63) is 94.5 Å². The van der Waals surface area contributed by atoms with E-state index in [1.165, 1.54) is 24.3 Å². The Balaban J connectivity index is 1.47. The topological polar surface area (TPSA) is 111 Å². The zero-order chi connectivity index (χ0) is 22.1. The van der Waals surface area contributed by atoms with E-state index in [0.29, 0.717) is 30.0 Å². The molecule has 8 heteroatoms. The van der Waals surface area contributed by atoms with Crippen LogP contribution in [0.15, 0.2) is 78.9 Å². The highest BCUT2D eigenvalue weighted by Crippen LogP contribution is 2.18. The summed E-state index contributed by atoms with van der Waals surface area (Å²) in [4.78, 5) is 34.4. The summed E-state index contributed by atoms with van der Waals surface area (Å²) in [6.45, 7) is -0.258. The van der Waals surface area contributed by atoms with E-state index in [1.54, 1.807) is 24.3 Å². The summed E-state index contributed by atoms with van der Waals surface area (Å²) in [6.07, 6.45) is 0.993. The van der Waals surface area contributed by atoms with Gasteiger partial charge in [0.1, 0.15) is 5.75 Å². The average molecular weight is 419 g/mol. The lowest BCUT2D eigenvalue weighted by Crippen LogP contribution is -2.20. The lowest BCUT2D eigenvalue weighted by Gasteiger charge is -2.10. The van der Waals surface area contributed by atoms with Gasteiger partial charge in [0.15, 0.2) is 6.61 Å². The Morgan fingerprint density at radius 1 is 0.839 bits per heavy atom. The first-order chi connectivity index (χ1) is 15.0. The highest BCUT2D eigenvalue weighted by atomic mass is 16.6. The molecule has 0 unspecified atom stereocenters. The van der Waals surface area contributed by atoms with Crippen molar-refractivity contribution in [2.45, 2.75) is 12.8 Å². The predicted octanol–water partition coefficient (Wildman–Crippen LogP) is 4.18. The van der Waals surface area contributed by atoms with E-state index in [9.17, 15) is 19.7 Å². The first-order valence-electron chi connectivity index (χ1n) is 9.60. The highest BCUT2D eigenvalue weighted by molar-refractivity contribution is 5.94. The second-order valence-corrected chi connectivity index (χ2v) is 6.70. The molecule has 31 heavy (non-hydrogen) atoms. The van der Waals surface area contributed by atoms with Gasteiger partial charge < -0.3 is 15.4 Å². The van der Waals surface area contributed by atoms with Crippen LogP contribution in [0, 0.1) is 10.1 Å². The maximum atomic E-state index is 12.2. The highest BCUT2D eigenvalue weighted by Gasteiger charge is 2.08. The summed E-state index contributed by atoms with van der Waals surface area (Å²) in [7, 11) is 0. The smallest absolute Gasteiger partial charge is 0.269 e. The van der Waals surface area contributed by atoms with Gasteiger partial charge >= 0.3 is 0 Å². The van der Waals surface area contributed by atoms with Gasteiger partial charge in [-0.25, -0.2) is 0 Å². The summed E-state index contributed by atoms with van der Waals surface area (Å²) >= 11 is 0. The molecule has 0 aliphatic carbocycles. The minimum atomic E-state index is -0.510. The van der Waals surface area contributed by atoms with Crippen LogP contribution in [0.3, 0.4) is 0 Å². The molecule has 0 saturated heterocycles. The molecule has 0 atom stereocenters. The van der Waals surface area contributed by atoms with Crippen molar-refractivity contribution in [1.29, 1.82) is 0 Å². The van der Waals surface area contributed by atoms with Crippen LogP contribution in [0.4, 0.5) is 17.1 Å². The van der Waals surface area contributed by atoms with E-state index < -0.39 is 10.8 Å². The van der Waals surface area contributed by atoms with Gasteiger partial charge in [-0.05, 0) is 42.3 Å². The van der Waals surface area contributed by atoms with E-state index in [1.807, 2.05) is 30.3 Å². The van der Waals surface area contributed by atoms with Gasteiger partial charge in [-0.15, -0.1) is 0 Å². The van der Waals surface area contributed by atoms with Gasteiger partial charge in [0.2, 0.25) is 5.91 Å². The van der Waals surface area contributed by atoms with Gasteiger partial charge in [-0.1, -0.05) is 36.4 Å². The lowest BCUT2D eigenvalue weighted by atomic mass is 10.1. The number of nitro benzene ring substituents is 1. The van der Waals surface area contributed by atoms with Crippen LogP contribution in [0.1, 0.15) is 12.0 Å². The molecule has 0 radical (unpaired) electrons. The van der Waals surface area contributed by atoms with Gasteiger partial charge in [0.05, 0.1) is 4.92 Å². The predicted molar refractivity (Wildman–Crippen MR) is 117 cm³/mol. The maximum absolute atomic E-state index is 12.2. The first kappa shape index (κ1) is 21.5. The minimum absolute atomic E-state index is 0.0561. The number of rotatable bonds is 9. The molecule has 0 saturated carbocycles. The van der Waals surface area contributed by atoms with Crippen molar-refractivity contribution < 1.29 is 19.2 Å². The van der Waals surface area contributed by atoms with Crippen LogP contribution in [0.25, 0.3) is 0 Å². The van der Waals surface area contributed by atoms with E-state index in [0.717, 1.165) is 5.56 Å². The van der Waals surface area contributed by atoms with Gasteiger partial charge in [0.25, 0.3) is 11.6 Å². The third kappa shape index (κ3) is 6.97. The Hall–Kier alpha value is -4.20. The number of aryl methyl sites for hydroxylation is 1. The number of nitrogens with one attached hydrogen (secondary N) is 2. The average Bonchev–Trinajstić information content (AvgIpc) is 2.77. The molecule has 0 spiro atoms. The van der Waals surface area contributed by atoms with Crippen LogP contribution >= 0.6 is 0 Å². The van der Waals surface area contributed by atoms with Crippen molar-refractivity contribution >= 4 is 28.9 Å².